The molecule has 5 heteroatoms. The summed E-state index contributed by atoms with van der Waals surface area (Å²) in [4.78, 5) is 12.4. The molecule has 0 heterocycles. The van der Waals surface area contributed by atoms with Gasteiger partial charge in [-0.2, -0.15) is 0 Å². The largest absolute Gasteiger partial charge is 0.409 e. The number of rotatable bonds is 4. The highest BCUT2D eigenvalue weighted by Crippen LogP contribution is 2.32. The first kappa shape index (κ1) is 13.4. The van der Waals surface area contributed by atoms with E-state index in [1.807, 2.05) is 25.1 Å². The molecular formula is C14H19N3O2. The van der Waals surface area contributed by atoms with Gasteiger partial charge in [0.05, 0.1) is 0 Å². The van der Waals surface area contributed by atoms with Crippen LogP contribution in [0.25, 0.3) is 0 Å². The molecule has 102 valence electrons. The fourth-order valence-electron chi connectivity index (χ4n) is 2.36. The van der Waals surface area contributed by atoms with Crippen LogP contribution in [0.3, 0.4) is 0 Å². The standard InChI is InChI=1S/C14H19N3O2/c1-14(8-5-9-14)16-13(18)11(12(15)17-19)10-6-3-2-4-7-10/h2-4,6-7,11,19H,5,8-9H2,1H3,(H2,15,17)(H,16,18). The summed E-state index contributed by atoms with van der Waals surface area (Å²) in [5, 5.41) is 14.9. The van der Waals surface area contributed by atoms with Crippen molar-refractivity contribution in [1.29, 1.82) is 0 Å². The van der Waals surface area contributed by atoms with E-state index in [0.29, 0.717) is 0 Å². The summed E-state index contributed by atoms with van der Waals surface area (Å²) in [6.07, 6.45) is 3.06. The second-order valence-corrected chi connectivity index (χ2v) is 5.27. The zero-order valence-corrected chi connectivity index (χ0v) is 11.0. The van der Waals surface area contributed by atoms with Gasteiger partial charge in [-0.05, 0) is 31.7 Å². The van der Waals surface area contributed by atoms with Crippen molar-refractivity contribution in [2.75, 3.05) is 0 Å². The molecule has 0 saturated heterocycles. The lowest BCUT2D eigenvalue weighted by Crippen LogP contribution is -2.53. The van der Waals surface area contributed by atoms with Crippen molar-refractivity contribution in [2.24, 2.45) is 10.9 Å². The zero-order valence-electron chi connectivity index (χ0n) is 11.0. The van der Waals surface area contributed by atoms with Crippen molar-refractivity contribution in [3.63, 3.8) is 0 Å². The van der Waals surface area contributed by atoms with Gasteiger partial charge < -0.3 is 16.3 Å². The molecule has 1 aromatic carbocycles. The number of hydrogen-bond donors (Lipinski definition) is 3. The molecule has 0 bridgehead atoms. The highest BCUT2D eigenvalue weighted by Gasteiger charge is 2.36. The summed E-state index contributed by atoms with van der Waals surface area (Å²) in [5.41, 5.74) is 6.24. The summed E-state index contributed by atoms with van der Waals surface area (Å²) in [6.45, 7) is 2.02. The van der Waals surface area contributed by atoms with Crippen LogP contribution < -0.4 is 11.1 Å². The van der Waals surface area contributed by atoms with Gasteiger partial charge in [0.15, 0.2) is 5.84 Å². The van der Waals surface area contributed by atoms with Gasteiger partial charge in [0.2, 0.25) is 5.91 Å². The predicted molar refractivity (Wildman–Crippen MR) is 73.0 cm³/mol. The van der Waals surface area contributed by atoms with Crippen LogP contribution >= 0.6 is 0 Å². The Hall–Kier alpha value is -2.04. The Kier molecular flexibility index (Phi) is 3.74. The Morgan fingerprint density at radius 1 is 1.42 bits per heavy atom. The minimum Gasteiger partial charge on any atom is -0.409 e. The topological polar surface area (TPSA) is 87.7 Å². The number of amides is 1. The molecule has 1 fully saturated rings. The van der Waals surface area contributed by atoms with Crippen LogP contribution in [-0.2, 0) is 4.79 Å². The van der Waals surface area contributed by atoms with Crippen molar-refractivity contribution < 1.29 is 10.0 Å². The summed E-state index contributed by atoms with van der Waals surface area (Å²) < 4.78 is 0. The van der Waals surface area contributed by atoms with Crippen LogP contribution in [0.15, 0.2) is 35.5 Å². The lowest BCUT2D eigenvalue weighted by Gasteiger charge is -2.40. The maximum Gasteiger partial charge on any atom is 0.235 e. The number of hydrogen-bond acceptors (Lipinski definition) is 3. The van der Waals surface area contributed by atoms with E-state index in [1.54, 1.807) is 12.1 Å². The van der Waals surface area contributed by atoms with Gasteiger partial charge in [-0.3, -0.25) is 4.79 Å². The van der Waals surface area contributed by atoms with E-state index in [0.717, 1.165) is 24.8 Å². The third kappa shape index (κ3) is 2.86. The van der Waals surface area contributed by atoms with Gasteiger partial charge in [-0.1, -0.05) is 35.5 Å². The van der Waals surface area contributed by atoms with Crippen LogP contribution in [0.5, 0.6) is 0 Å². The Bertz CT molecular complexity index is 481. The second kappa shape index (κ2) is 5.30. The third-order valence-corrected chi connectivity index (χ3v) is 3.69. The van der Waals surface area contributed by atoms with E-state index in [-0.39, 0.29) is 17.3 Å². The van der Waals surface area contributed by atoms with Crippen LogP contribution in [0.4, 0.5) is 0 Å². The van der Waals surface area contributed by atoms with E-state index in [1.165, 1.54) is 0 Å². The molecule has 1 aliphatic carbocycles. The van der Waals surface area contributed by atoms with Gasteiger partial charge in [0.25, 0.3) is 0 Å². The number of amidine groups is 1. The molecule has 19 heavy (non-hydrogen) atoms. The van der Waals surface area contributed by atoms with Crippen molar-refractivity contribution in [2.45, 2.75) is 37.6 Å². The Morgan fingerprint density at radius 3 is 2.53 bits per heavy atom. The van der Waals surface area contributed by atoms with Crippen LogP contribution in [0.1, 0.15) is 37.7 Å². The van der Waals surface area contributed by atoms with Gasteiger partial charge >= 0.3 is 0 Å². The maximum absolute atomic E-state index is 12.4. The zero-order chi connectivity index (χ0) is 13.9. The molecular weight excluding hydrogens is 242 g/mol. The summed E-state index contributed by atoms with van der Waals surface area (Å²) >= 11 is 0. The highest BCUT2D eigenvalue weighted by atomic mass is 16.4. The molecule has 2 rings (SSSR count). The molecule has 0 spiro atoms. The summed E-state index contributed by atoms with van der Waals surface area (Å²) in [7, 11) is 0. The van der Waals surface area contributed by atoms with Gasteiger partial charge in [0, 0.05) is 5.54 Å². The number of nitrogens with two attached hydrogens (primary N) is 1. The average molecular weight is 261 g/mol. The molecule has 1 amide bonds. The first-order valence-electron chi connectivity index (χ1n) is 6.40. The minimum atomic E-state index is -0.747. The van der Waals surface area contributed by atoms with Crippen molar-refractivity contribution in [3.8, 4) is 0 Å². The second-order valence-electron chi connectivity index (χ2n) is 5.27. The van der Waals surface area contributed by atoms with E-state index in [9.17, 15) is 4.79 Å². The molecule has 1 atom stereocenters. The quantitative estimate of drug-likeness (QED) is 0.333. The molecule has 0 radical (unpaired) electrons. The van der Waals surface area contributed by atoms with Crippen LogP contribution in [-0.4, -0.2) is 22.5 Å². The summed E-state index contributed by atoms with van der Waals surface area (Å²) in [6, 6.07) is 9.10. The first-order valence-corrected chi connectivity index (χ1v) is 6.40. The number of nitrogens with one attached hydrogen (secondary N) is 1. The lowest BCUT2D eigenvalue weighted by atomic mass is 9.78. The molecule has 1 unspecified atom stereocenters. The normalized spacial score (nSPS) is 19.3. The minimum absolute atomic E-state index is 0.0911. The van der Waals surface area contributed by atoms with Crippen LogP contribution in [0.2, 0.25) is 0 Å². The lowest BCUT2D eigenvalue weighted by molar-refractivity contribution is -0.123. The molecule has 1 aliphatic rings. The molecule has 0 aliphatic heterocycles. The van der Waals surface area contributed by atoms with Gasteiger partial charge in [-0.15, -0.1) is 0 Å². The number of nitrogens with zero attached hydrogens (tertiary/aromatic N) is 1. The Balaban J connectivity index is 2.21. The molecule has 1 aromatic rings. The summed E-state index contributed by atoms with van der Waals surface area (Å²) in [5.74, 6) is -1.06. The van der Waals surface area contributed by atoms with E-state index >= 15 is 0 Å². The molecule has 0 aromatic heterocycles. The van der Waals surface area contributed by atoms with Crippen LogP contribution in [0, 0.1) is 0 Å². The predicted octanol–water partition coefficient (Wildman–Crippen LogP) is 1.58. The van der Waals surface area contributed by atoms with E-state index in [2.05, 4.69) is 10.5 Å². The number of oxime groups is 1. The Labute approximate surface area is 112 Å². The third-order valence-electron chi connectivity index (χ3n) is 3.69. The molecule has 5 nitrogen and oxygen atoms in total. The fourth-order valence-corrected chi connectivity index (χ4v) is 2.36. The van der Waals surface area contributed by atoms with Gasteiger partial charge in [-0.25, -0.2) is 0 Å². The SMILES string of the molecule is CC1(NC(=O)C(/C(N)=N/O)c2ccccc2)CCC1. The number of carbonyl (C=O) groups is 1. The van der Waals surface area contributed by atoms with E-state index in [4.69, 9.17) is 10.9 Å². The first-order chi connectivity index (χ1) is 9.06. The monoisotopic (exact) mass is 261 g/mol. The van der Waals surface area contributed by atoms with Crippen molar-refractivity contribution >= 4 is 11.7 Å². The smallest absolute Gasteiger partial charge is 0.235 e. The Morgan fingerprint density at radius 2 is 2.05 bits per heavy atom. The highest BCUT2D eigenvalue weighted by molar-refractivity contribution is 6.07. The van der Waals surface area contributed by atoms with Crippen molar-refractivity contribution in [1.82, 2.24) is 5.32 Å². The average Bonchev–Trinajstić information content (AvgIpc) is 2.38. The molecule has 4 N–H and O–H groups in total. The number of benzene rings is 1. The van der Waals surface area contributed by atoms with E-state index < -0.39 is 5.92 Å². The maximum atomic E-state index is 12.4. The van der Waals surface area contributed by atoms with Gasteiger partial charge in [0.1, 0.15) is 5.92 Å². The fraction of sp³-hybridized carbons (Fsp3) is 0.429. The van der Waals surface area contributed by atoms with Crippen molar-refractivity contribution in [3.05, 3.63) is 35.9 Å². The molecule has 1 saturated carbocycles. The number of carbonyl (C=O) groups excluding carboxylic acids is 1.